The molecule has 1 fully saturated rings. The van der Waals surface area contributed by atoms with E-state index in [1.54, 1.807) is 0 Å². The number of nitrogens with one attached hydrogen (secondary N) is 2. The van der Waals surface area contributed by atoms with Gasteiger partial charge in [-0.2, -0.15) is 0 Å². The van der Waals surface area contributed by atoms with Gasteiger partial charge in [0, 0.05) is 5.75 Å². The van der Waals surface area contributed by atoms with E-state index in [4.69, 9.17) is 10.5 Å². The molecule has 4 N–H and O–H groups in total. The molecule has 0 unspecified atom stereocenters. The fourth-order valence-electron chi connectivity index (χ4n) is 2.10. The summed E-state index contributed by atoms with van der Waals surface area (Å²) in [6.45, 7) is 0. The van der Waals surface area contributed by atoms with Gasteiger partial charge < -0.3 is 10.5 Å². The van der Waals surface area contributed by atoms with E-state index in [2.05, 4.69) is 15.2 Å². The lowest BCUT2D eigenvalue weighted by Gasteiger charge is -2.27. The van der Waals surface area contributed by atoms with Gasteiger partial charge in [-0.1, -0.05) is 11.8 Å². The van der Waals surface area contributed by atoms with Gasteiger partial charge in [-0.05, 0) is 31.6 Å². The smallest absolute Gasteiger partial charge is 0.404 e. The number of nitrogens with two attached hydrogens (primary N) is 1. The van der Waals surface area contributed by atoms with Crippen molar-refractivity contribution >= 4 is 17.9 Å². The Morgan fingerprint density at radius 1 is 1.44 bits per heavy atom. The molecule has 1 aromatic rings. The highest BCUT2D eigenvalue weighted by atomic mass is 32.2. The standard InChI is InChI=1S/C10H16N4O3S/c11-8(15)17-7-3-1-6(2-4-7)5-18-10-12-9(16)13-14-10/h6-7H,1-5H2,(H2,11,15)(H2,12,13,14,16). The molecule has 0 atom stereocenters. The Hall–Kier alpha value is -1.44. The van der Waals surface area contributed by atoms with Crippen LogP contribution in [0.25, 0.3) is 0 Å². The lowest BCUT2D eigenvalue weighted by atomic mass is 9.89. The summed E-state index contributed by atoms with van der Waals surface area (Å²) in [6, 6.07) is 0. The van der Waals surface area contributed by atoms with E-state index in [-0.39, 0.29) is 11.8 Å². The van der Waals surface area contributed by atoms with Gasteiger partial charge in [-0.25, -0.2) is 14.7 Å². The molecule has 7 nitrogen and oxygen atoms in total. The van der Waals surface area contributed by atoms with Gasteiger partial charge in [0.05, 0.1) is 0 Å². The summed E-state index contributed by atoms with van der Waals surface area (Å²) in [5.41, 5.74) is 4.70. The maximum atomic E-state index is 10.8. The summed E-state index contributed by atoms with van der Waals surface area (Å²) in [4.78, 5) is 24.1. The molecule has 18 heavy (non-hydrogen) atoms. The number of aromatic nitrogens is 3. The first-order chi connectivity index (χ1) is 8.63. The highest BCUT2D eigenvalue weighted by Gasteiger charge is 2.23. The van der Waals surface area contributed by atoms with Crippen molar-refractivity contribution in [2.24, 2.45) is 11.7 Å². The average Bonchev–Trinajstić information content (AvgIpc) is 2.74. The van der Waals surface area contributed by atoms with Crippen molar-refractivity contribution in [1.82, 2.24) is 15.2 Å². The molecule has 8 heteroatoms. The van der Waals surface area contributed by atoms with Crippen molar-refractivity contribution in [1.29, 1.82) is 0 Å². The monoisotopic (exact) mass is 272 g/mol. The van der Waals surface area contributed by atoms with Crippen LogP contribution in [-0.4, -0.2) is 33.1 Å². The number of hydrogen-bond acceptors (Lipinski definition) is 5. The summed E-state index contributed by atoms with van der Waals surface area (Å²) in [5, 5.41) is 6.79. The maximum Gasteiger partial charge on any atom is 0.404 e. The molecular formula is C10H16N4O3S. The minimum atomic E-state index is -0.693. The van der Waals surface area contributed by atoms with Crippen LogP contribution in [-0.2, 0) is 4.74 Å². The van der Waals surface area contributed by atoms with Crippen molar-refractivity contribution in [2.45, 2.75) is 36.9 Å². The van der Waals surface area contributed by atoms with Crippen LogP contribution in [0.3, 0.4) is 0 Å². The van der Waals surface area contributed by atoms with Crippen LogP contribution in [0.1, 0.15) is 25.7 Å². The first-order valence-electron chi connectivity index (χ1n) is 5.87. The van der Waals surface area contributed by atoms with Gasteiger partial charge in [0.25, 0.3) is 0 Å². The van der Waals surface area contributed by atoms with Crippen molar-refractivity contribution < 1.29 is 9.53 Å². The van der Waals surface area contributed by atoms with Gasteiger partial charge in [-0.15, -0.1) is 5.10 Å². The lowest BCUT2D eigenvalue weighted by molar-refractivity contribution is 0.0737. The third-order valence-electron chi connectivity index (χ3n) is 3.01. The largest absolute Gasteiger partial charge is 0.446 e. The molecule has 1 aromatic heterocycles. The minimum absolute atomic E-state index is 0.0334. The van der Waals surface area contributed by atoms with Crippen molar-refractivity contribution in [3.63, 3.8) is 0 Å². The fourth-order valence-corrected chi connectivity index (χ4v) is 3.10. The topological polar surface area (TPSA) is 114 Å². The van der Waals surface area contributed by atoms with E-state index >= 15 is 0 Å². The highest BCUT2D eigenvalue weighted by Crippen LogP contribution is 2.29. The van der Waals surface area contributed by atoms with Crippen molar-refractivity contribution in [2.75, 3.05) is 5.75 Å². The van der Waals surface area contributed by atoms with E-state index in [1.807, 2.05) is 0 Å². The Morgan fingerprint density at radius 2 is 2.17 bits per heavy atom. The second-order valence-corrected chi connectivity index (χ2v) is 5.38. The number of amides is 1. The molecule has 0 saturated heterocycles. The Bertz CT molecular complexity index is 450. The van der Waals surface area contributed by atoms with Crippen LogP contribution in [0.4, 0.5) is 4.79 Å². The zero-order valence-electron chi connectivity index (χ0n) is 9.85. The number of ether oxygens (including phenoxy) is 1. The van der Waals surface area contributed by atoms with E-state index in [9.17, 15) is 9.59 Å². The van der Waals surface area contributed by atoms with E-state index < -0.39 is 6.09 Å². The molecule has 0 aromatic carbocycles. The third kappa shape index (κ3) is 3.80. The van der Waals surface area contributed by atoms with Crippen LogP contribution in [0.5, 0.6) is 0 Å². The summed E-state index contributed by atoms with van der Waals surface area (Å²) >= 11 is 1.53. The normalized spacial score (nSPS) is 23.8. The molecule has 1 amide bonds. The van der Waals surface area contributed by atoms with Crippen LogP contribution in [0, 0.1) is 5.92 Å². The number of thioether (sulfide) groups is 1. The van der Waals surface area contributed by atoms with E-state index in [0.29, 0.717) is 11.1 Å². The number of H-pyrrole nitrogens is 2. The number of aromatic amines is 2. The molecule has 2 rings (SSSR count). The van der Waals surface area contributed by atoms with Crippen molar-refractivity contribution in [3.05, 3.63) is 10.5 Å². The SMILES string of the molecule is NC(=O)OC1CCC(CSc2n[nH]c(=O)[nH]2)CC1. The predicted molar refractivity (Wildman–Crippen MR) is 66.3 cm³/mol. The van der Waals surface area contributed by atoms with Gasteiger partial charge >= 0.3 is 11.8 Å². The molecule has 1 aliphatic rings. The van der Waals surface area contributed by atoms with Crippen LogP contribution in [0.15, 0.2) is 9.95 Å². The van der Waals surface area contributed by atoms with Gasteiger partial charge in [0.1, 0.15) is 6.10 Å². The first-order valence-corrected chi connectivity index (χ1v) is 6.85. The molecule has 0 bridgehead atoms. The van der Waals surface area contributed by atoms with Gasteiger partial charge in [0.2, 0.25) is 0 Å². The molecule has 0 spiro atoms. The van der Waals surface area contributed by atoms with E-state index in [0.717, 1.165) is 31.4 Å². The Morgan fingerprint density at radius 3 is 2.72 bits per heavy atom. The summed E-state index contributed by atoms with van der Waals surface area (Å²) in [6.07, 6.45) is 2.98. The number of primary amides is 1. The quantitative estimate of drug-likeness (QED) is 0.703. The maximum absolute atomic E-state index is 10.8. The molecule has 1 saturated carbocycles. The summed E-state index contributed by atoms with van der Waals surface area (Å²) < 4.78 is 4.97. The van der Waals surface area contributed by atoms with Crippen LogP contribution >= 0.6 is 11.8 Å². The fraction of sp³-hybridized carbons (Fsp3) is 0.700. The molecule has 1 heterocycles. The lowest BCUT2D eigenvalue weighted by Crippen LogP contribution is -2.27. The minimum Gasteiger partial charge on any atom is -0.446 e. The van der Waals surface area contributed by atoms with Gasteiger partial charge in [-0.3, -0.25) is 4.98 Å². The zero-order chi connectivity index (χ0) is 13.0. The number of nitrogens with zero attached hydrogens (tertiary/aromatic N) is 1. The van der Waals surface area contributed by atoms with Crippen LogP contribution in [0.2, 0.25) is 0 Å². The highest BCUT2D eigenvalue weighted by molar-refractivity contribution is 7.99. The number of carbonyl (C=O) groups excluding carboxylic acids is 1. The first kappa shape index (κ1) is 13.0. The molecule has 0 aliphatic heterocycles. The third-order valence-corrected chi connectivity index (χ3v) is 4.12. The Balaban J connectivity index is 1.70. The van der Waals surface area contributed by atoms with Crippen molar-refractivity contribution in [3.8, 4) is 0 Å². The predicted octanol–water partition coefficient (Wildman–Crippen LogP) is 0.844. The average molecular weight is 272 g/mol. The Kier molecular flexibility index (Phi) is 4.29. The number of hydrogen-bond donors (Lipinski definition) is 3. The second-order valence-electron chi connectivity index (χ2n) is 4.37. The number of carbonyl (C=O) groups is 1. The molecule has 1 aliphatic carbocycles. The van der Waals surface area contributed by atoms with Gasteiger partial charge in [0.15, 0.2) is 5.16 Å². The van der Waals surface area contributed by atoms with E-state index in [1.165, 1.54) is 11.8 Å². The molecule has 0 radical (unpaired) electrons. The van der Waals surface area contributed by atoms with Crippen LogP contribution < -0.4 is 11.4 Å². The number of rotatable bonds is 4. The summed E-state index contributed by atoms with van der Waals surface area (Å²) in [5.74, 6) is 1.47. The molecule has 100 valence electrons. The zero-order valence-corrected chi connectivity index (χ0v) is 10.7. The Labute approximate surface area is 108 Å². The second kappa shape index (κ2) is 5.94. The summed E-state index contributed by atoms with van der Waals surface area (Å²) in [7, 11) is 0. The molecular weight excluding hydrogens is 256 g/mol.